The fraction of sp³-hybridized carbons (Fsp3) is 0.0952. The summed E-state index contributed by atoms with van der Waals surface area (Å²) in [5.74, 6) is -0.182. The van der Waals surface area contributed by atoms with Gasteiger partial charge in [0.15, 0.2) is 5.65 Å². The van der Waals surface area contributed by atoms with Gasteiger partial charge in [0, 0.05) is 12.4 Å². The Kier molecular flexibility index (Phi) is 4.19. The maximum Gasteiger partial charge on any atom is 0.257 e. The molecule has 0 aliphatic carbocycles. The van der Waals surface area contributed by atoms with Crippen LogP contribution in [0.15, 0.2) is 79.3 Å². The second-order valence-electron chi connectivity index (χ2n) is 6.13. The van der Waals surface area contributed by atoms with E-state index in [-0.39, 0.29) is 11.9 Å². The SMILES string of the molecule is CC(NC(=O)c1cnn2cccnc12)c1ccc(-c2ccccc2)cc1. The van der Waals surface area contributed by atoms with Gasteiger partial charge in [-0.05, 0) is 29.7 Å². The Labute approximate surface area is 151 Å². The maximum atomic E-state index is 12.6. The van der Waals surface area contributed by atoms with Gasteiger partial charge >= 0.3 is 0 Å². The third-order valence-electron chi connectivity index (χ3n) is 4.39. The number of aromatic nitrogens is 3. The number of amides is 1. The molecule has 2 aromatic heterocycles. The predicted octanol–water partition coefficient (Wildman–Crippen LogP) is 3.89. The van der Waals surface area contributed by atoms with Crippen molar-refractivity contribution < 1.29 is 4.79 Å². The summed E-state index contributed by atoms with van der Waals surface area (Å²) in [4.78, 5) is 16.8. The lowest BCUT2D eigenvalue weighted by atomic mass is 10.0. The van der Waals surface area contributed by atoms with E-state index in [1.165, 1.54) is 5.56 Å². The van der Waals surface area contributed by atoms with Crippen molar-refractivity contribution in [1.29, 1.82) is 0 Å². The summed E-state index contributed by atoms with van der Waals surface area (Å²) in [6, 6.07) is 20.1. The average Bonchev–Trinajstić information content (AvgIpc) is 3.13. The molecule has 1 N–H and O–H groups in total. The molecule has 4 aromatic rings. The second-order valence-corrected chi connectivity index (χ2v) is 6.13. The number of benzene rings is 2. The van der Waals surface area contributed by atoms with E-state index in [0.29, 0.717) is 11.2 Å². The van der Waals surface area contributed by atoms with Crippen molar-refractivity contribution in [1.82, 2.24) is 19.9 Å². The highest BCUT2D eigenvalue weighted by Gasteiger charge is 2.16. The zero-order chi connectivity index (χ0) is 17.9. The molecule has 1 unspecified atom stereocenters. The monoisotopic (exact) mass is 342 g/mol. The molecule has 0 radical (unpaired) electrons. The second kappa shape index (κ2) is 6.80. The van der Waals surface area contributed by atoms with Crippen LogP contribution in [0.25, 0.3) is 16.8 Å². The number of carbonyl (C=O) groups excluding carboxylic acids is 1. The van der Waals surface area contributed by atoms with Crippen molar-refractivity contribution in [3.63, 3.8) is 0 Å². The molecule has 0 aliphatic rings. The molecule has 0 bridgehead atoms. The number of carbonyl (C=O) groups is 1. The van der Waals surface area contributed by atoms with E-state index in [0.717, 1.165) is 11.1 Å². The van der Waals surface area contributed by atoms with Crippen LogP contribution in [0.1, 0.15) is 28.9 Å². The molecule has 0 saturated carbocycles. The van der Waals surface area contributed by atoms with Crippen LogP contribution in [0.5, 0.6) is 0 Å². The molecule has 5 heteroatoms. The Morgan fingerprint density at radius 2 is 1.73 bits per heavy atom. The Hall–Kier alpha value is -3.47. The summed E-state index contributed by atoms with van der Waals surface area (Å²) in [6.07, 6.45) is 4.97. The van der Waals surface area contributed by atoms with Crippen LogP contribution >= 0.6 is 0 Å². The zero-order valence-electron chi connectivity index (χ0n) is 14.3. The Bertz CT molecular complexity index is 1040. The average molecular weight is 342 g/mol. The number of fused-ring (bicyclic) bond motifs is 1. The molecule has 1 amide bonds. The lowest BCUT2D eigenvalue weighted by molar-refractivity contribution is 0.0941. The van der Waals surface area contributed by atoms with E-state index in [2.05, 4.69) is 39.7 Å². The van der Waals surface area contributed by atoms with Crippen molar-refractivity contribution in [2.45, 2.75) is 13.0 Å². The first-order valence-corrected chi connectivity index (χ1v) is 8.47. The first kappa shape index (κ1) is 16.0. The molecule has 1 atom stereocenters. The first-order chi connectivity index (χ1) is 12.7. The van der Waals surface area contributed by atoms with Gasteiger partial charge in [0.1, 0.15) is 5.56 Å². The van der Waals surface area contributed by atoms with Crippen molar-refractivity contribution in [2.24, 2.45) is 0 Å². The highest BCUT2D eigenvalue weighted by atomic mass is 16.1. The smallest absolute Gasteiger partial charge is 0.257 e. The molecule has 0 aliphatic heterocycles. The molecule has 2 heterocycles. The van der Waals surface area contributed by atoms with Gasteiger partial charge in [-0.3, -0.25) is 4.79 Å². The number of hydrogen-bond donors (Lipinski definition) is 1. The lowest BCUT2D eigenvalue weighted by Gasteiger charge is -2.14. The molecule has 4 rings (SSSR count). The van der Waals surface area contributed by atoms with Gasteiger partial charge in [-0.1, -0.05) is 54.6 Å². The third-order valence-corrected chi connectivity index (χ3v) is 4.39. The van der Waals surface area contributed by atoms with Crippen LogP contribution in [0, 0.1) is 0 Å². The van der Waals surface area contributed by atoms with Crippen molar-refractivity contribution in [3.05, 3.63) is 90.4 Å². The van der Waals surface area contributed by atoms with Crippen LogP contribution in [0.4, 0.5) is 0 Å². The number of nitrogens with one attached hydrogen (secondary N) is 1. The van der Waals surface area contributed by atoms with Crippen LogP contribution < -0.4 is 5.32 Å². The Morgan fingerprint density at radius 1 is 1.00 bits per heavy atom. The standard InChI is InChI=1S/C21H18N4O/c1-15(16-8-10-18(11-9-16)17-6-3-2-4-7-17)24-21(26)19-14-23-25-13-5-12-22-20(19)25/h2-15H,1H3,(H,24,26). The van der Waals surface area contributed by atoms with Gasteiger partial charge in [0.25, 0.3) is 5.91 Å². The molecule has 0 saturated heterocycles. The fourth-order valence-corrected chi connectivity index (χ4v) is 2.94. The van der Waals surface area contributed by atoms with Gasteiger partial charge in [-0.25, -0.2) is 9.50 Å². The van der Waals surface area contributed by atoms with Crippen molar-refractivity contribution in [2.75, 3.05) is 0 Å². The molecule has 0 spiro atoms. The van der Waals surface area contributed by atoms with Gasteiger partial charge in [0.2, 0.25) is 0 Å². The highest BCUT2D eigenvalue weighted by molar-refractivity contribution is 5.99. The summed E-state index contributed by atoms with van der Waals surface area (Å²) in [5.41, 5.74) is 4.39. The Morgan fingerprint density at radius 3 is 2.50 bits per heavy atom. The van der Waals surface area contributed by atoms with E-state index in [1.54, 1.807) is 29.2 Å². The van der Waals surface area contributed by atoms with Crippen molar-refractivity contribution in [3.8, 4) is 11.1 Å². The van der Waals surface area contributed by atoms with Crippen LogP contribution in [-0.2, 0) is 0 Å². The maximum absolute atomic E-state index is 12.6. The normalized spacial score (nSPS) is 12.0. The van der Waals surface area contributed by atoms with Gasteiger partial charge in [-0.2, -0.15) is 5.10 Å². The van der Waals surface area contributed by atoms with Crippen LogP contribution in [0.3, 0.4) is 0 Å². The predicted molar refractivity (Wildman–Crippen MR) is 101 cm³/mol. The zero-order valence-corrected chi connectivity index (χ0v) is 14.3. The molecule has 128 valence electrons. The minimum absolute atomic E-state index is 0.119. The summed E-state index contributed by atoms with van der Waals surface area (Å²) in [6.45, 7) is 1.97. The summed E-state index contributed by atoms with van der Waals surface area (Å²) < 4.78 is 1.59. The molecule has 5 nitrogen and oxygen atoms in total. The molecular formula is C21H18N4O. The molecule has 26 heavy (non-hydrogen) atoms. The fourth-order valence-electron chi connectivity index (χ4n) is 2.94. The summed E-state index contributed by atoms with van der Waals surface area (Å²) in [7, 11) is 0. The topological polar surface area (TPSA) is 59.3 Å². The molecule has 2 aromatic carbocycles. The van der Waals surface area contributed by atoms with Crippen molar-refractivity contribution >= 4 is 11.6 Å². The minimum Gasteiger partial charge on any atom is -0.345 e. The van der Waals surface area contributed by atoms with Crippen LogP contribution in [0.2, 0.25) is 0 Å². The number of hydrogen-bond acceptors (Lipinski definition) is 3. The van der Waals surface area contributed by atoms with Gasteiger partial charge in [-0.15, -0.1) is 0 Å². The van der Waals surface area contributed by atoms with E-state index in [1.807, 2.05) is 37.3 Å². The van der Waals surface area contributed by atoms with E-state index >= 15 is 0 Å². The third kappa shape index (κ3) is 3.07. The molecular weight excluding hydrogens is 324 g/mol. The number of rotatable bonds is 4. The molecule has 0 fully saturated rings. The summed E-state index contributed by atoms with van der Waals surface area (Å²) in [5, 5.41) is 7.18. The summed E-state index contributed by atoms with van der Waals surface area (Å²) >= 11 is 0. The van der Waals surface area contributed by atoms with Gasteiger partial charge < -0.3 is 5.32 Å². The first-order valence-electron chi connectivity index (χ1n) is 8.47. The van der Waals surface area contributed by atoms with Crippen LogP contribution in [-0.4, -0.2) is 20.5 Å². The minimum atomic E-state index is -0.182. The van der Waals surface area contributed by atoms with E-state index < -0.39 is 0 Å². The lowest BCUT2D eigenvalue weighted by Crippen LogP contribution is -2.26. The highest BCUT2D eigenvalue weighted by Crippen LogP contribution is 2.22. The largest absolute Gasteiger partial charge is 0.345 e. The quantitative estimate of drug-likeness (QED) is 0.612. The number of nitrogens with zero attached hydrogens (tertiary/aromatic N) is 3. The van der Waals surface area contributed by atoms with E-state index in [9.17, 15) is 4.79 Å². The van der Waals surface area contributed by atoms with E-state index in [4.69, 9.17) is 0 Å². The Balaban J connectivity index is 1.51. The van der Waals surface area contributed by atoms with Gasteiger partial charge in [0.05, 0.1) is 12.2 Å².